The Morgan fingerprint density at radius 1 is 1.10 bits per heavy atom. The Balaban J connectivity index is 2.23. The van der Waals surface area contributed by atoms with Gasteiger partial charge in [-0.05, 0) is 42.9 Å². The average Bonchev–Trinajstić information content (AvgIpc) is 2.75. The summed E-state index contributed by atoms with van der Waals surface area (Å²) in [5, 5.41) is 10.9. The lowest BCUT2D eigenvalue weighted by atomic mass is 9.94. The van der Waals surface area contributed by atoms with Crippen LogP contribution in [0.4, 0.5) is 5.69 Å². The molecule has 0 saturated heterocycles. The number of hydrogen-bond donors (Lipinski definition) is 2. The second-order valence-corrected chi connectivity index (χ2v) is 6.42. The SMILES string of the molecule is Cc1n[nH]c(C)c1CNc1ccc(C(C)C)cc1C(C)C. The maximum Gasteiger partial charge on any atom is 0.0643 e. The molecule has 0 amide bonds. The van der Waals surface area contributed by atoms with Crippen molar-refractivity contribution < 1.29 is 0 Å². The van der Waals surface area contributed by atoms with Crippen molar-refractivity contribution in [2.45, 2.75) is 59.9 Å². The lowest BCUT2D eigenvalue weighted by molar-refractivity contribution is 0.833. The van der Waals surface area contributed by atoms with Gasteiger partial charge in [0.15, 0.2) is 0 Å². The zero-order valence-corrected chi connectivity index (χ0v) is 14.0. The number of aromatic nitrogens is 2. The zero-order chi connectivity index (χ0) is 15.6. The Morgan fingerprint density at radius 3 is 2.33 bits per heavy atom. The lowest BCUT2D eigenvalue weighted by Gasteiger charge is -2.18. The van der Waals surface area contributed by atoms with Crippen LogP contribution >= 0.6 is 0 Å². The Kier molecular flexibility index (Phi) is 4.71. The van der Waals surface area contributed by atoms with Gasteiger partial charge in [0.2, 0.25) is 0 Å². The molecule has 21 heavy (non-hydrogen) atoms. The van der Waals surface area contributed by atoms with Crippen LogP contribution in [0.3, 0.4) is 0 Å². The second-order valence-electron chi connectivity index (χ2n) is 6.42. The first-order chi connectivity index (χ1) is 9.90. The monoisotopic (exact) mass is 285 g/mol. The molecule has 0 aliphatic rings. The summed E-state index contributed by atoms with van der Waals surface area (Å²) in [4.78, 5) is 0. The first kappa shape index (κ1) is 15.6. The van der Waals surface area contributed by atoms with Crippen LogP contribution in [0.2, 0.25) is 0 Å². The maximum absolute atomic E-state index is 4.26. The molecular formula is C18H27N3. The molecule has 0 aliphatic heterocycles. The number of rotatable bonds is 5. The summed E-state index contributed by atoms with van der Waals surface area (Å²) in [5.41, 5.74) is 7.50. The molecule has 2 aromatic rings. The van der Waals surface area contributed by atoms with E-state index in [1.807, 2.05) is 6.92 Å². The van der Waals surface area contributed by atoms with Gasteiger partial charge in [-0.2, -0.15) is 5.10 Å². The fraction of sp³-hybridized carbons (Fsp3) is 0.500. The quantitative estimate of drug-likeness (QED) is 0.821. The molecule has 0 aliphatic carbocycles. The van der Waals surface area contributed by atoms with Gasteiger partial charge in [-0.3, -0.25) is 5.10 Å². The summed E-state index contributed by atoms with van der Waals surface area (Å²) < 4.78 is 0. The molecule has 0 spiro atoms. The predicted molar refractivity (Wildman–Crippen MR) is 90.0 cm³/mol. The van der Waals surface area contributed by atoms with Crippen LogP contribution in [0.15, 0.2) is 18.2 Å². The van der Waals surface area contributed by atoms with Crippen LogP contribution < -0.4 is 5.32 Å². The van der Waals surface area contributed by atoms with Crippen LogP contribution in [0.1, 0.15) is 67.6 Å². The van der Waals surface area contributed by atoms with Crippen molar-refractivity contribution >= 4 is 5.69 Å². The number of aryl methyl sites for hydroxylation is 2. The molecule has 0 radical (unpaired) electrons. The minimum absolute atomic E-state index is 0.512. The van der Waals surface area contributed by atoms with E-state index in [1.54, 1.807) is 0 Å². The van der Waals surface area contributed by atoms with Crippen molar-refractivity contribution in [1.29, 1.82) is 0 Å². The first-order valence-corrected chi connectivity index (χ1v) is 7.78. The highest BCUT2D eigenvalue weighted by Crippen LogP contribution is 2.29. The number of hydrogen-bond acceptors (Lipinski definition) is 2. The third kappa shape index (κ3) is 3.46. The largest absolute Gasteiger partial charge is 0.381 e. The molecule has 114 valence electrons. The number of aromatic amines is 1. The summed E-state index contributed by atoms with van der Waals surface area (Å²) in [5.74, 6) is 1.08. The van der Waals surface area contributed by atoms with Crippen LogP contribution in [-0.4, -0.2) is 10.2 Å². The summed E-state index contributed by atoms with van der Waals surface area (Å²) in [6.45, 7) is 13.9. The number of anilines is 1. The average molecular weight is 285 g/mol. The molecule has 0 saturated carbocycles. The lowest BCUT2D eigenvalue weighted by Crippen LogP contribution is -2.06. The Morgan fingerprint density at radius 2 is 1.81 bits per heavy atom. The molecule has 1 aromatic carbocycles. The fourth-order valence-corrected chi connectivity index (χ4v) is 2.60. The van der Waals surface area contributed by atoms with Gasteiger partial charge in [-0.25, -0.2) is 0 Å². The minimum Gasteiger partial charge on any atom is -0.381 e. The summed E-state index contributed by atoms with van der Waals surface area (Å²) >= 11 is 0. The maximum atomic E-state index is 4.26. The van der Waals surface area contributed by atoms with E-state index in [0.717, 1.165) is 17.9 Å². The third-order valence-corrected chi connectivity index (χ3v) is 4.10. The summed E-state index contributed by atoms with van der Waals surface area (Å²) in [6.07, 6.45) is 0. The number of H-pyrrole nitrogens is 1. The molecule has 3 heteroatoms. The predicted octanol–water partition coefficient (Wildman–Crippen LogP) is 4.89. The van der Waals surface area contributed by atoms with Crippen molar-refractivity contribution in [3.05, 3.63) is 46.3 Å². The van der Waals surface area contributed by atoms with E-state index in [9.17, 15) is 0 Å². The molecule has 2 rings (SSSR count). The van der Waals surface area contributed by atoms with E-state index in [-0.39, 0.29) is 0 Å². The van der Waals surface area contributed by atoms with E-state index >= 15 is 0 Å². The van der Waals surface area contributed by atoms with Crippen LogP contribution in [0.5, 0.6) is 0 Å². The Hall–Kier alpha value is -1.77. The third-order valence-electron chi connectivity index (χ3n) is 4.10. The summed E-state index contributed by atoms with van der Waals surface area (Å²) in [7, 11) is 0. The second kappa shape index (κ2) is 6.33. The molecule has 0 unspecified atom stereocenters. The molecule has 0 atom stereocenters. The minimum atomic E-state index is 0.512. The fourth-order valence-electron chi connectivity index (χ4n) is 2.60. The number of nitrogens with zero attached hydrogens (tertiary/aromatic N) is 1. The molecular weight excluding hydrogens is 258 g/mol. The Labute approximate surface area is 128 Å². The van der Waals surface area contributed by atoms with Gasteiger partial charge in [0, 0.05) is 23.5 Å². The highest BCUT2D eigenvalue weighted by Gasteiger charge is 2.11. The normalized spacial score (nSPS) is 11.4. The smallest absolute Gasteiger partial charge is 0.0643 e. The van der Waals surface area contributed by atoms with E-state index in [1.165, 1.54) is 22.4 Å². The standard InChI is InChI=1S/C18H27N3/c1-11(2)15-7-8-18(16(9-15)12(3)4)19-10-17-13(5)20-21-14(17)6/h7-9,11-12,19H,10H2,1-6H3,(H,20,21). The highest BCUT2D eigenvalue weighted by molar-refractivity contribution is 5.55. The van der Waals surface area contributed by atoms with Crippen molar-refractivity contribution in [2.75, 3.05) is 5.32 Å². The van der Waals surface area contributed by atoms with Crippen LogP contribution in [0, 0.1) is 13.8 Å². The van der Waals surface area contributed by atoms with Crippen molar-refractivity contribution in [2.24, 2.45) is 0 Å². The van der Waals surface area contributed by atoms with Gasteiger partial charge in [0.05, 0.1) is 5.69 Å². The molecule has 0 bridgehead atoms. The van der Waals surface area contributed by atoms with Crippen LogP contribution in [0.25, 0.3) is 0 Å². The molecule has 3 nitrogen and oxygen atoms in total. The van der Waals surface area contributed by atoms with E-state index in [0.29, 0.717) is 11.8 Å². The van der Waals surface area contributed by atoms with Gasteiger partial charge < -0.3 is 5.32 Å². The van der Waals surface area contributed by atoms with Crippen molar-refractivity contribution in [3.63, 3.8) is 0 Å². The highest BCUT2D eigenvalue weighted by atomic mass is 15.1. The molecule has 1 heterocycles. The van der Waals surface area contributed by atoms with Gasteiger partial charge in [0.25, 0.3) is 0 Å². The Bertz CT molecular complexity index is 589. The van der Waals surface area contributed by atoms with E-state index in [4.69, 9.17) is 0 Å². The zero-order valence-electron chi connectivity index (χ0n) is 14.0. The molecule has 0 fully saturated rings. The molecule has 1 aromatic heterocycles. The van der Waals surface area contributed by atoms with Crippen molar-refractivity contribution in [1.82, 2.24) is 10.2 Å². The van der Waals surface area contributed by atoms with E-state index in [2.05, 4.69) is 68.3 Å². The van der Waals surface area contributed by atoms with Gasteiger partial charge in [0.1, 0.15) is 0 Å². The first-order valence-electron chi connectivity index (χ1n) is 7.78. The number of nitrogens with one attached hydrogen (secondary N) is 2. The summed E-state index contributed by atoms with van der Waals surface area (Å²) in [6, 6.07) is 6.79. The van der Waals surface area contributed by atoms with E-state index < -0.39 is 0 Å². The van der Waals surface area contributed by atoms with Gasteiger partial charge in [-0.15, -0.1) is 0 Å². The van der Waals surface area contributed by atoms with Gasteiger partial charge in [-0.1, -0.05) is 39.8 Å². The van der Waals surface area contributed by atoms with Crippen molar-refractivity contribution in [3.8, 4) is 0 Å². The van der Waals surface area contributed by atoms with Crippen LogP contribution in [-0.2, 0) is 6.54 Å². The topological polar surface area (TPSA) is 40.7 Å². The van der Waals surface area contributed by atoms with Gasteiger partial charge >= 0.3 is 0 Å². The number of benzene rings is 1. The molecule has 2 N–H and O–H groups in total.